The zero-order valence-electron chi connectivity index (χ0n) is 21.0. The molecule has 4 aromatic rings. The van der Waals surface area contributed by atoms with Crippen molar-refractivity contribution in [2.75, 3.05) is 10.2 Å². The number of aliphatic hydroxyl groups is 1. The lowest BCUT2D eigenvalue weighted by Gasteiger charge is -2.29. The number of amides is 3. The largest absolute Gasteiger partial charge is 0.457 e. The van der Waals surface area contributed by atoms with Crippen LogP contribution in [0, 0.1) is 0 Å². The van der Waals surface area contributed by atoms with Crippen molar-refractivity contribution in [3.8, 4) is 11.5 Å². The Bertz CT molecular complexity index is 1540. The summed E-state index contributed by atoms with van der Waals surface area (Å²) in [5.74, 6) is 1.15. The molecular formula is C29H27N5O4S. The number of para-hydroxylation sites is 1. The molecule has 9 nitrogen and oxygen atoms in total. The van der Waals surface area contributed by atoms with Gasteiger partial charge >= 0.3 is 6.03 Å². The molecule has 1 aliphatic heterocycles. The van der Waals surface area contributed by atoms with Crippen molar-refractivity contribution < 1.29 is 19.4 Å². The number of hydrogen-bond donors (Lipinski definition) is 4. The zero-order valence-corrected chi connectivity index (χ0v) is 21.8. The van der Waals surface area contributed by atoms with Gasteiger partial charge in [-0.2, -0.15) is 0 Å². The lowest BCUT2D eigenvalue weighted by Crippen LogP contribution is -2.47. The molecule has 198 valence electrons. The van der Waals surface area contributed by atoms with E-state index in [2.05, 4.69) is 27.5 Å². The summed E-state index contributed by atoms with van der Waals surface area (Å²) in [6.07, 6.45) is 4.43. The highest BCUT2D eigenvalue weighted by molar-refractivity contribution is 7.19. The number of aromatic nitrogens is 1. The van der Waals surface area contributed by atoms with Crippen LogP contribution in [0.1, 0.15) is 30.4 Å². The third kappa shape index (κ3) is 4.85. The molecule has 0 bridgehead atoms. The van der Waals surface area contributed by atoms with E-state index >= 15 is 0 Å². The first-order valence-electron chi connectivity index (χ1n) is 12.7. The van der Waals surface area contributed by atoms with Crippen molar-refractivity contribution in [3.63, 3.8) is 0 Å². The summed E-state index contributed by atoms with van der Waals surface area (Å²) < 4.78 is 5.89. The molecule has 4 N–H and O–H groups in total. The van der Waals surface area contributed by atoms with Gasteiger partial charge in [0, 0.05) is 18.3 Å². The Kier molecular flexibility index (Phi) is 6.74. The van der Waals surface area contributed by atoms with Gasteiger partial charge in [0.25, 0.3) is 0 Å². The highest BCUT2D eigenvalue weighted by Gasteiger charge is 2.35. The number of anilines is 3. The van der Waals surface area contributed by atoms with Gasteiger partial charge in [-0.3, -0.25) is 15.0 Å². The molecular weight excluding hydrogens is 514 g/mol. The molecule has 3 atom stereocenters. The fraction of sp³-hybridized carbons (Fsp3) is 0.207. The van der Waals surface area contributed by atoms with Crippen LogP contribution in [0.25, 0.3) is 10.2 Å². The second-order valence-electron chi connectivity index (χ2n) is 9.45. The average molecular weight is 542 g/mol. The minimum atomic E-state index is -1.04. The Morgan fingerprint density at radius 1 is 1.13 bits per heavy atom. The van der Waals surface area contributed by atoms with Crippen LogP contribution >= 0.6 is 11.3 Å². The summed E-state index contributed by atoms with van der Waals surface area (Å²) in [5, 5.41) is 21.1. The van der Waals surface area contributed by atoms with Crippen molar-refractivity contribution in [3.05, 3.63) is 84.4 Å². The SMILES string of the molecule is C=CC(=O)N[C@H]1CCC[C@H]1NC(O)c1sc2nccc3c2c1NC(=O)N3c1ccc(Oc2ccccc2)cc1. The van der Waals surface area contributed by atoms with E-state index in [-0.39, 0.29) is 24.0 Å². The van der Waals surface area contributed by atoms with Gasteiger partial charge in [0.05, 0.1) is 27.3 Å². The first kappa shape index (κ1) is 25.1. The van der Waals surface area contributed by atoms with Crippen LogP contribution in [0.5, 0.6) is 11.5 Å². The number of nitrogens with one attached hydrogen (secondary N) is 3. The van der Waals surface area contributed by atoms with E-state index in [9.17, 15) is 14.7 Å². The molecule has 0 spiro atoms. The van der Waals surface area contributed by atoms with E-state index in [1.807, 2.05) is 54.6 Å². The lowest BCUT2D eigenvalue weighted by atomic mass is 10.1. The molecule has 6 rings (SSSR count). The van der Waals surface area contributed by atoms with Crippen molar-refractivity contribution in [2.24, 2.45) is 0 Å². The molecule has 0 radical (unpaired) electrons. The number of aliphatic hydroxyl groups excluding tert-OH is 1. The van der Waals surface area contributed by atoms with Gasteiger partial charge in [-0.25, -0.2) is 9.78 Å². The second-order valence-corrected chi connectivity index (χ2v) is 10.5. The molecule has 1 saturated carbocycles. The van der Waals surface area contributed by atoms with E-state index in [4.69, 9.17) is 4.74 Å². The molecule has 2 aromatic heterocycles. The maximum Gasteiger partial charge on any atom is 0.331 e. The predicted molar refractivity (Wildman–Crippen MR) is 152 cm³/mol. The lowest BCUT2D eigenvalue weighted by molar-refractivity contribution is -0.117. The summed E-state index contributed by atoms with van der Waals surface area (Å²) in [5.41, 5.74) is 1.90. The Labute approximate surface area is 229 Å². The molecule has 1 fully saturated rings. The van der Waals surface area contributed by atoms with Crippen molar-refractivity contribution in [1.82, 2.24) is 15.6 Å². The van der Waals surface area contributed by atoms with Crippen LogP contribution in [0.4, 0.5) is 21.9 Å². The number of thiophene rings is 1. The standard InChI is InChI=1S/C29H27N5O4S/c1-2-23(35)31-20-9-6-10-21(20)32-27(36)26-25-24-22(15-16-30-28(24)39-26)34(29(37)33-25)17-11-13-19(14-12-17)38-18-7-4-3-5-8-18/h2-5,7-8,11-16,20-21,27,32,36H,1,6,9-10H2,(H,31,35)(H,33,37)/t20-,21+,27?/m0/s1. The molecule has 0 saturated heterocycles. The quantitative estimate of drug-likeness (QED) is 0.171. The summed E-state index contributed by atoms with van der Waals surface area (Å²) >= 11 is 1.33. The van der Waals surface area contributed by atoms with Crippen molar-refractivity contribution in [1.29, 1.82) is 0 Å². The van der Waals surface area contributed by atoms with E-state index in [0.717, 1.165) is 30.4 Å². The fourth-order valence-corrected chi connectivity index (χ4v) is 6.26. The van der Waals surface area contributed by atoms with E-state index in [1.165, 1.54) is 17.4 Å². The fourth-order valence-electron chi connectivity index (χ4n) is 5.20. The number of rotatable bonds is 8. The predicted octanol–water partition coefficient (Wildman–Crippen LogP) is 5.58. The molecule has 2 aromatic carbocycles. The first-order valence-corrected chi connectivity index (χ1v) is 13.6. The van der Waals surface area contributed by atoms with Gasteiger partial charge in [-0.05, 0) is 67.8 Å². The maximum atomic E-state index is 13.4. The molecule has 39 heavy (non-hydrogen) atoms. The van der Waals surface area contributed by atoms with Crippen LogP contribution in [0.3, 0.4) is 0 Å². The van der Waals surface area contributed by atoms with E-state index < -0.39 is 6.23 Å². The van der Waals surface area contributed by atoms with E-state index in [1.54, 1.807) is 17.2 Å². The molecule has 2 aliphatic rings. The summed E-state index contributed by atoms with van der Waals surface area (Å²) in [4.78, 5) is 32.6. The Balaban J connectivity index is 1.27. The third-order valence-electron chi connectivity index (χ3n) is 7.00. The van der Waals surface area contributed by atoms with E-state index in [0.29, 0.717) is 32.5 Å². The van der Waals surface area contributed by atoms with Crippen LogP contribution < -0.4 is 25.6 Å². The Morgan fingerprint density at radius 2 is 1.87 bits per heavy atom. The first-order chi connectivity index (χ1) is 19.0. The molecule has 1 unspecified atom stereocenters. The number of pyridine rings is 1. The molecule has 1 aliphatic carbocycles. The molecule has 3 amide bonds. The van der Waals surface area contributed by atoms with Crippen LogP contribution in [0.15, 0.2) is 79.5 Å². The minimum absolute atomic E-state index is 0.108. The number of urea groups is 1. The number of ether oxygens (including phenoxy) is 1. The normalized spacial score (nSPS) is 19.0. The molecule has 10 heteroatoms. The Morgan fingerprint density at radius 3 is 2.64 bits per heavy atom. The second kappa shape index (κ2) is 10.5. The van der Waals surface area contributed by atoms with Crippen molar-refractivity contribution in [2.45, 2.75) is 37.6 Å². The van der Waals surface area contributed by atoms with Gasteiger partial charge in [-0.1, -0.05) is 24.8 Å². The Hall–Kier alpha value is -4.25. The highest BCUT2D eigenvalue weighted by atomic mass is 32.1. The van der Waals surface area contributed by atoms with Gasteiger partial charge in [-0.15, -0.1) is 11.3 Å². The van der Waals surface area contributed by atoms with Crippen molar-refractivity contribution >= 4 is 50.6 Å². The topological polar surface area (TPSA) is 116 Å². The van der Waals surface area contributed by atoms with Crippen LogP contribution in [-0.4, -0.2) is 34.1 Å². The summed E-state index contributed by atoms with van der Waals surface area (Å²) in [7, 11) is 0. The maximum absolute atomic E-state index is 13.4. The average Bonchev–Trinajstić information content (AvgIpc) is 3.54. The van der Waals surface area contributed by atoms with Crippen LogP contribution in [0.2, 0.25) is 0 Å². The number of nitrogens with zero attached hydrogens (tertiary/aromatic N) is 2. The van der Waals surface area contributed by atoms with Gasteiger partial charge in [0.15, 0.2) is 0 Å². The number of hydrogen-bond acceptors (Lipinski definition) is 7. The van der Waals surface area contributed by atoms with Gasteiger partial charge in [0.1, 0.15) is 22.6 Å². The summed E-state index contributed by atoms with van der Waals surface area (Å²) in [6.45, 7) is 3.52. The minimum Gasteiger partial charge on any atom is -0.457 e. The highest BCUT2D eigenvalue weighted by Crippen LogP contribution is 2.47. The third-order valence-corrected chi connectivity index (χ3v) is 8.15. The smallest absolute Gasteiger partial charge is 0.331 e. The zero-order chi connectivity index (χ0) is 26.9. The number of benzene rings is 2. The summed E-state index contributed by atoms with van der Waals surface area (Å²) in [6, 6.07) is 18.0. The van der Waals surface area contributed by atoms with Gasteiger partial charge in [0.2, 0.25) is 5.91 Å². The number of carbonyl (C=O) groups is 2. The van der Waals surface area contributed by atoms with Crippen LogP contribution in [-0.2, 0) is 4.79 Å². The molecule has 3 heterocycles. The monoisotopic (exact) mass is 541 g/mol. The number of carbonyl (C=O) groups excluding carboxylic acids is 2. The van der Waals surface area contributed by atoms with Gasteiger partial charge < -0.3 is 20.5 Å².